The lowest BCUT2D eigenvalue weighted by molar-refractivity contribution is 0.0713. The molecule has 1 aromatic carbocycles. The van der Waals surface area contributed by atoms with Gasteiger partial charge < -0.3 is 15.2 Å². The molecule has 0 radical (unpaired) electrons. The highest BCUT2D eigenvalue weighted by molar-refractivity contribution is 5.21. The normalized spacial score (nSPS) is 14.4. The van der Waals surface area contributed by atoms with Gasteiger partial charge in [-0.3, -0.25) is 4.90 Å². The largest absolute Gasteiger partial charge is 0.383 e. The van der Waals surface area contributed by atoms with Gasteiger partial charge in [-0.25, -0.2) is 8.78 Å². The lowest BCUT2D eigenvalue weighted by Crippen LogP contribution is -2.42. The summed E-state index contributed by atoms with van der Waals surface area (Å²) < 4.78 is 36.5. The Morgan fingerprint density at radius 2 is 1.90 bits per heavy atom. The lowest BCUT2D eigenvalue weighted by Gasteiger charge is -2.31. The molecule has 2 atom stereocenters. The van der Waals surface area contributed by atoms with Crippen LogP contribution in [-0.2, 0) is 9.47 Å². The second-order valence-corrected chi connectivity index (χ2v) is 5.07. The van der Waals surface area contributed by atoms with Crippen molar-refractivity contribution in [2.45, 2.75) is 19.0 Å². The molecule has 2 unspecified atom stereocenters. The molecule has 4 nitrogen and oxygen atoms in total. The van der Waals surface area contributed by atoms with Gasteiger partial charge in [-0.2, -0.15) is 0 Å². The van der Waals surface area contributed by atoms with E-state index in [4.69, 9.17) is 15.2 Å². The Morgan fingerprint density at radius 1 is 1.19 bits per heavy atom. The fourth-order valence-corrected chi connectivity index (χ4v) is 2.15. The van der Waals surface area contributed by atoms with Gasteiger partial charge in [0.1, 0.15) is 0 Å². The third-order valence-electron chi connectivity index (χ3n) is 3.42. The standard InChI is InChI=1S/C15H24F2N2O2/c1-11(10-21-3)19(6-7-20-2)9-15(18)12-4-5-13(16)14(17)8-12/h4-5,8,11,15H,6-7,9-10,18H2,1-3H3. The molecule has 120 valence electrons. The summed E-state index contributed by atoms with van der Waals surface area (Å²) in [5, 5.41) is 0. The molecule has 0 aromatic heterocycles. The molecule has 0 amide bonds. The third kappa shape index (κ3) is 5.67. The summed E-state index contributed by atoms with van der Waals surface area (Å²) in [6.45, 7) is 4.36. The number of benzene rings is 1. The van der Waals surface area contributed by atoms with Crippen LogP contribution in [-0.4, -0.2) is 51.5 Å². The van der Waals surface area contributed by atoms with Gasteiger partial charge in [0.05, 0.1) is 13.2 Å². The molecule has 0 saturated heterocycles. The van der Waals surface area contributed by atoms with E-state index in [2.05, 4.69) is 4.90 Å². The van der Waals surface area contributed by atoms with Gasteiger partial charge in [0, 0.05) is 39.4 Å². The summed E-state index contributed by atoms with van der Waals surface area (Å²) in [6.07, 6.45) is 0. The van der Waals surface area contributed by atoms with E-state index in [1.807, 2.05) is 6.92 Å². The first-order valence-electron chi connectivity index (χ1n) is 6.92. The Balaban J connectivity index is 2.73. The number of ether oxygens (including phenoxy) is 2. The Kier molecular flexibility index (Phi) is 7.74. The van der Waals surface area contributed by atoms with Gasteiger partial charge in [0.15, 0.2) is 11.6 Å². The molecule has 0 bridgehead atoms. The molecular formula is C15H24F2N2O2. The summed E-state index contributed by atoms with van der Waals surface area (Å²) >= 11 is 0. The SMILES string of the molecule is COCCN(CC(N)c1ccc(F)c(F)c1)C(C)COC. The fourth-order valence-electron chi connectivity index (χ4n) is 2.15. The maximum atomic E-state index is 13.3. The fraction of sp³-hybridized carbons (Fsp3) is 0.600. The number of hydrogen-bond donors (Lipinski definition) is 1. The number of halogens is 2. The van der Waals surface area contributed by atoms with Crippen molar-refractivity contribution in [1.29, 1.82) is 0 Å². The van der Waals surface area contributed by atoms with E-state index in [0.29, 0.717) is 31.9 Å². The zero-order chi connectivity index (χ0) is 15.8. The van der Waals surface area contributed by atoms with Crippen LogP contribution >= 0.6 is 0 Å². The molecule has 0 heterocycles. The molecular weight excluding hydrogens is 278 g/mol. The van der Waals surface area contributed by atoms with Crippen molar-refractivity contribution in [3.05, 3.63) is 35.4 Å². The second-order valence-electron chi connectivity index (χ2n) is 5.07. The van der Waals surface area contributed by atoms with Gasteiger partial charge in [0.2, 0.25) is 0 Å². The minimum absolute atomic E-state index is 0.154. The first kappa shape index (κ1) is 18.0. The molecule has 0 spiro atoms. The molecule has 0 fully saturated rings. The number of nitrogens with two attached hydrogens (primary N) is 1. The molecule has 21 heavy (non-hydrogen) atoms. The van der Waals surface area contributed by atoms with Crippen molar-refractivity contribution < 1.29 is 18.3 Å². The topological polar surface area (TPSA) is 47.7 Å². The zero-order valence-electron chi connectivity index (χ0n) is 12.8. The second kappa shape index (κ2) is 9.04. The van der Waals surface area contributed by atoms with Crippen molar-refractivity contribution in [2.75, 3.05) is 40.5 Å². The first-order valence-corrected chi connectivity index (χ1v) is 6.92. The maximum absolute atomic E-state index is 13.3. The summed E-state index contributed by atoms with van der Waals surface area (Å²) in [5.74, 6) is -1.74. The molecule has 1 aromatic rings. The Bertz CT molecular complexity index is 432. The predicted octanol–water partition coefficient (Wildman–Crippen LogP) is 1.95. The van der Waals surface area contributed by atoms with Crippen LogP contribution < -0.4 is 5.73 Å². The molecule has 2 N–H and O–H groups in total. The zero-order valence-corrected chi connectivity index (χ0v) is 12.8. The van der Waals surface area contributed by atoms with Crippen molar-refractivity contribution in [1.82, 2.24) is 4.90 Å². The lowest BCUT2D eigenvalue weighted by atomic mass is 10.1. The Morgan fingerprint density at radius 3 is 2.48 bits per heavy atom. The average molecular weight is 302 g/mol. The smallest absolute Gasteiger partial charge is 0.159 e. The predicted molar refractivity (Wildman–Crippen MR) is 78.1 cm³/mol. The summed E-state index contributed by atoms with van der Waals surface area (Å²) in [5.41, 5.74) is 6.68. The van der Waals surface area contributed by atoms with E-state index in [1.165, 1.54) is 6.07 Å². The molecule has 6 heteroatoms. The minimum Gasteiger partial charge on any atom is -0.383 e. The Hall–Kier alpha value is -1.08. The van der Waals surface area contributed by atoms with E-state index >= 15 is 0 Å². The van der Waals surface area contributed by atoms with E-state index in [1.54, 1.807) is 14.2 Å². The van der Waals surface area contributed by atoms with Crippen LogP contribution in [0.2, 0.25) is 0 Å². The van der Waals surface area contributed by atoms with E-state index in [-0.39, 0.29) is 6.04 Å². The van der Waals surface area contributed by atoms with Gasteiger partial charge in [-0.15, -0.1) is 0 Å². The molecule has 0 aliphatic heterocycles. The highest BCUT2D eigenvalue weighted by Crippen LogP contribution is 2.16. The number of methoxy groups -OCH3 is 2. The van der Waals surface area contributed by atoms with Crippen LogP contribution in [0.5, 0.6) is 0 Å². The van der Waals surface area contributed by atoms with Crippen LogP contribution in [0.15, 0.2) is 18.2 Å². The average Bonchev–Trinajstić information content (AvgIpc) is 2.46. The van der Waals surface area contributed by atoms with Crippen molar-refractivity contribution >= 4 is 0 Å². The van der Waals surface area contributed by atoms with Gasteiger partial charge in [-0.1, -0.05) is 6.07 Å². The summed E-state index contributed by atoms with van der Waals surface area (Å²) in [6, 6.07) is 3.51. The van der Waals surface area contributed by atoms with Crippen molar-refractivity contribution in [2.24, 2.45) is 5.73 Å². The van der Waals surface area contributed by atoms with Crippen LogP contribution in [0, 0.1) is 11.6 Å². The summed E-state index contributed by atoms with van der Waals surface area (Å²) in [4.78, 5) is 2.11. The quantitative estimate of drug-likeness (QED) is 0.757. The van der Waals surface area contributed by atoms with Crippen molar-refractivity contribution in [3.8, 4) is 0 Å². The highest BCUT2D eigenvalue weighted by atomic mass is 19.2. The first-order chi connectivity index (χ1) is 9.99. The molecule has 0 saturated carbocycles. The van der Waals surface area contributed by atoms with Crippen LogP contribution in [0.25, 0.3) is 0 Å². The van der Waals surface area contributed by atoms with Crippen LogP contribution in [0.4, 0.5) is 8.78 Å². The highest BCUT2D eigenvalue weighted by Gasteiger charge is 2.18. The Labute approximate surface area is 124 Å². The monoisotopic (exact) mass is 302 g/mol. The van der Waals surface area contributed by atoms with Crippen LogP contribution in [0.3, 0.4) is 0 Å². The van der Waals surface area contributed by atoms with Crippen molar-refractivity contribution in [3.63, 3.8) is 0 Å². The van der Waals surface area contributed by atoms with Gasteiger partial charge in [0.25, 0.3) is 0 Å². The molecule has 1 rings (SSSR count). The molecule has 0 aliphatic rings. The van der Waals surface area contributed by atoms with E-state index in [0.717, 1.165) is 12.1 Å². The van der Waals surface area contributed by atoms with E-state index in [9.17, 15) is 8.78 Å². The number of nitrogens with zero attached hydrogens (tertiary/aromatic N) is 1. The van der Waals surface area contributed by atoms with Crippen LogP contribution in [0.1, 0.15) is 18.5 Å². The summed E-state index contributed by atoms with van der Waals surface area (Å²) in [7, 11) is 3.27. The van der Waals surface area contributed by atoms with Gasteiger partial charge >= 0.3 is 0 Å². The number of hydrogen-bond acceptors (Lipinski definition) is 4. The van der Waals surface area contributed by atoms with Gasteiger partial charge in [-0.05, 0) is 24.6 Å². The van der Waals surface area contributed by atoms with E-state index < -0.39 is 17.7 Å². The maximum Gasteiger partial charge on any atom is 0.159 e. The minimum atomic E-state index is -0.878. The third-order valence-corrected chi connectivity index (χ3v) is 3.42. The molecule has 0 aliphatic carbocycles. The number of rotatable bonds is 9.